The summed E-state index contributed by atoms with van der Waals surface area (Å²) in [6, 6.07) is 0. The molecule has 0 heterocycles. The number of allylic oxidation sites excluding steroid dienone is 5. The van der Waals surface area contributed by atoms with Gasteiger partial charge in [0.2, 0.25) is 0 Å². The Kier molecular flexibility index (Phi) is 3.49. The van der Waals surface area contributed by atoms with Crippen LogP contribution in [0.1, 0.15) is 53.4 Å². The van der Waals surface area contributed by atoms with E-state index in [9.17, 15) is 14.7 Å². The Morgan fingerprint density at radius 1 is 1.28 bits per heavy atom. The van der Waals surface area contributed by atoms with Crippen LogP contribution in [0.25, 0.3) is 0 Å². The molecule has 4 aliphatic rings. The van der Waals surface area contributed by atoms with E-state index in [2.05, 4.69) is 19.9 Å². The quantitative estimate of drug-likeness (QED) is 0.712. The van der Waals surface area contributed by atoms with Crippen LogP contribution in [0, 0.1) is 34.5 Å². The summed E-state index contributed by atoms with van der Waals surface area (Å²) in [5, 5.41) is 9.86. The largest absolute Gasteiger partial charge is 0.508 e. The SMILES string of the molecule is CC(=O)[C@H]1[C@H](C)C[C@H]2[C@@H]3CCC4=CC(O)=CC(=O)[C@]4(C)C3=CC[C@@]21C. The molecule has 0 unspecified atom stereocenters. The van der Waals surface area contributed by atoms with Gasteiger partial charge in [-0.1, -0.05) is 25.5 Å². The van der Waals surface area contributed by atoms with Crippen LogP contribution in [0.4, 0.5) is 0 Å². The zero-order chi connectivity index (χ0) is 18.1. The average molecular weight is 340 g/mol. The van der Waals surface area contributed by atoms with Gasteiger partial charge >= 0.3 is 0 Å². The lowest BCUT2D eigenvalue weighted by molar-refractivity contribution is -0.126. The maximum atomic E-state index is 12.9. The van der Waals surface area contributed by atoms with Crippen LogP contribution in [0.15, 0.2) is 35.1 Å². The van der Waals surface area contributed by atoms with Crippen molar-refractivity contribution in [2.24, 2.45) is 34.5 Å². The molecule has 0 aromatic rings. The Hall–Kier alpha value is -1.64. The minimum absolute atomic E-state index is 0.0104. The Morgan fingerprint density at radius 2 is 2.00 bits per heavy atom. The number of ketones is 2. The molecule has 0 bridgehead atoms. The molecule has 134 valence electrons. The Morgan fingerprint density at radius 3 is 2.68 bits per heavy atom. The lowest BCUT2D eigenvalue weighted by Gasteiger charge is -2.52. The number of carbonyl (C=O) groups excluding carboxylic acids is 2. The summed E-state index contributed by atoms with van der Waals surface area (Å²) in [6.07, 6.45) is 9.28. The van der Waals surface area contributed by atoms with E-state index in [-0.39, 0.29) is 22.9 Å². The second-order valence-corrected chi connectivity index (χ2v) is 9.15. The highest BCUT2D eigenvalue weighted by Gasteiger charge is 2.59. The number of fused-ring (bicyclic) bond motifs is 5. The summed E-state index contributed by atoms with van der Waals surface area (Å²) in [5.74, 6) is 1.81. The average Bonchev–Trinajstić information content (AvgIpc) is 2.79. The van der Waals surface area contributed by atoms with Gasteiger partial charge in [0.25, 0.3) is 0 Å². The van der Waals surface area contributed by atoms with Crippen molar-refractivity contribution in [1.29, 1.82) is 0 Å². The fourth-order valence-corrected chi connectivity index (χ4v) is 6.85. The Balaban J connectivity index is 1.79. The van der Waals surface area contributed by atoms with Gasteiger partial charge in [-0.3, -0.25) is 9.59 Å². The van der Waals surface area contributed by atoms with Gasteiger partial charge in [-0.05, 0) is 74.3 Å². The van der Waals surface area contributed by atoms with E-state index >= 15 is 0 Å². The molecule has 0 aromatic heterocycles. The highest BCUT2D eigenvalue weighted by molar-refractivity contribution is 6.01. The molecular weight excluding hydrogens is 312 g/mol. The van der Waals surface area contributed by atoms with Crippen LogP contribution in [-0.2, 0) is 9.59 Å². The zero-order valence-corrected chi connectivity index (χ0v) is 15.6. The summed E-state index contributed by atoms with van der Waals surface area (Å²) in [7, 11) is 0. The number of rotatable bonds is 1. The van der Waals surface area contributed by atoms with Crippen LogP contribution >= 0.6 is 0 Å². The van der Waals surface area contributed by atoms with Crippen molar-refractivity contribution in [3.8, 4) is 0 Å². The van der Waals surface area contributed by atoms with E-state index in [1.54, 1.807) is 13.0 Å². The molecular formula is C22H28O3. The molecule has 0 aromatic carbocycles. The first-order valence-corrected chi connectivity index (χ1v) is 9.56. The minimum atomic E-state index is -0.589. The molecule has 0 saturated heterocycles. The highest BCUT2D eigenvalue weighted by atomic mass is 16.3. The third-order valence-corrected chi connectivity index (χ3v) is 7.88. The topological polar surface area (TPSA) is 54.4 Å². The first-order valence-electron chi connectivity index (χ1n) is 9.56. The smallest absolute Gasteiger partial charge is 0.173 e. The molecule has 2 saturated carbocycles. The van der Waals surface area contributed by atoms with Crippen molar-refractivity contribution in [3.63, 3.8) is 0 Å². The molecule has 4 rings (SSSR count). The van der Waals surface area contributed by atoms with Gasteiger partial charge in [0, 0.05) is 12.0 Å². The van der Waals surface area contributed by atoms with E-state index in [1.165, 1.54) is 11.6 Å². The number of carbonyl (C=O) groups is 2. The van der Waals surface area contributed by atoms with Gasteiger partial charge in [-0.25, -0.2) is 0 Å². The van der Waals surface area contributed by atoms with Gasteiger partial charge in [-0.15, -0.1) is 0 Å². The van der Waals surface area contributed by atoms with Crippen molar-refractivity contribution in [1.82, 2.24) is 0 Å². The molecule has 4 aliphatic carbocycles. The third-order valence-electron chi connectivity index (χ3n) is 7.88. The van der Waals surface area contributed by atoms with Crippen molar-refractivity contribution < 1.29 is 14.7 Å². The summed E-state index contributed by atoms with van der Waals surface area (Å²) in [4.78, 5) is 25.2. The number of Topliss-reactive ketones (excluding diaryl/α,β-unsaturated/α-hetero) is 1. The maximum absolute atomic E-state index is 12.9. The van der Waals surface area contributed by atoms with E-state index in [4.69, 9.17) is 0 Å². The lowest BCUT2D eigenvalue weighted by atomic mass is 9.51. The summed E-state index contributed by atoms with van der Waals surface area (Å²) in [6.45, 7) is 8.29. The minimum Gasteiger partial charge on any atom is -0.508 e. The third kappa shape index (κ3) is 2.04. The predicted molar refractivity (Wildman–Crippen MR) is 96.9 cm³/mol. The zero-order valence-electron chi connectivity index (χ0n) is 15.6. The number of hydrogen-bond donors (Lipinski definition) is 1. The number of aliphatic hydroxyl groups excluding tert-OH is 1. The molecule has 0 amide bonds. The number of aliphatic hydroxyl groups is 1. The molecule has 0 radical (unpaired) electrons. The molecule has 1 N–H and O–H groups in total. The molecule has 6 atom stereocenters. The van der Waals surface area contributed by atoms with Crippen LogP contribution < -0.4 is 0 Å². The van der Waals surface area contributed by atoms with Gasteiger partial charge in [-0.2, -0.15) is 0 Å². The lowest BCUT2D eigenvalue weighted by Crippen LogP contribution is -2.47. The van der Waals surface area contributed by atoms with Crippen molar-refractivity contribution >= 4 is 11.6 Å². The molecule has 25 heavy (non-hydrogen) atoms. The van der Waals surface area contributed by atoms with E-state index in [0.29, 0.717) is 23.5 Å². The first-order chi connectivity index (χ1) is 11.7. The maximum Gasteiger partial charge on any atom is 0.173 e. The van der Waals surface area contributed by atoms with Crippen LogP contribution in [0.3, 0.4) is 0 Å². The van der Waals surface area contributed by atoms with Crippen molar-refractivity contribution in [3.05, 3.63) is 35.1 Å². The van der Waals surface area contributed by atoms with Crippen molar-refractivity contribution in [2.45, 2.75) is 53.4 Å². The fourth-order valence-electron chi connectivity index (χ4n) is 6.85. The molecule has 0 aliphatic heterocycles. The molecule has 3 nitrogen and oxygen atoms in total. The fraction of sp³-hybridized carbons (Fsp3) is 0.636. The van der Waals surface area contributed by atoms with Gasteiger partial charge in [0.05, 0.1) is 5.41 Å². The molecule has 3 heteroatoms. The monoisotopic (exact) mass is 340 g/mol. The standard InChI is InChI=1S/C22H28O3/c1-12-9-18-16-6-5-14-10-15(24)11-19(25)22(14,4)17(16)7-8-21(18,3)20(12)13(2)23/h7,10-12,16,18,20,24H,5-6,8-9H2,1-4H3/t12-,16-,18+,20-,21+,22+/m1/s1. The van der Waals surface area contributed by atoms with Crippen molar-refractivity contribution in [2.75, 3.05) is 0 Å². The Labute approximate surface area is 149 Å². The van der Waals surface area contributed by atoms with Gasteiger partial charge in [0.15, 0.2) is 5.78 Å². The second-order valence-electron chi connectivity index (χ2n) is 9.15. The second kappa shape index (κ2) is 5.18. The van der Waals surface area contributed by atoms with Crippen LogP contribution in [0.5, 0.6) is 0 Å². The van der Waals surface area contributed by atoms with E-state index < -0.39 is 5.41 Å². The molecule has 0 spiro atoms. The van der Waals surface area contributed by atoms with Crippen LogP contribution in [0.2, 0.25) is 0 Å². The van der Waals surface area contributed by atoms with E-state index in [0.717, 1.165) is 31.3 Å². The summed E-state index contributed by atoms with van der Waals surface area (Å²) >= 11 is 0. The van der Waals surface area contributed by atoms with Crippen LogP contribution in [-0.4, -0.2) is 16.7 Å². The first kappa shape index (κ1) is 16.8. The molecule has 2 fully saturated rings. The Bertz CT molecular complexity index is 755. The summed E-state index contributed by atoms with van der Waals surface area (Å²) in [5.41, 5.74) is 1.73. The predicted octanol–water partition coefficient (Wildman–Crippen LogP) is 4.55. The summed E-state index contributed by atoms with van der Waals surface area (Å²) < 4.78 is 0. The normalized spacial score (nSPS) is 45.6. The van der Waals surface area contributed by atoms with Gasteiger partial charge in [0.1, 0.15) is 11.5 Å². The van der Waals surface area contributed by atoms with Gasteiger partial charge < -0.3 is 5.11 Å². The van der Waals surface area contributed by atoms with E-state index in [1.807, 2.05) is 6.92 Å². The number of hydrogen-bond acceptors (Lipinski definition) is 3. The highest BCUT2D eigenvalue weighted by Crippen LogP contribution is 2.65.